The summed E-state index contributed by atoms with van der Waals surface area (Å²) in [6, 6.07) is 6.39. The third-order valence-corrected chi connectivity index (χ3v) is 3.47. The lowest BCUT2D eigenvalue weighted by Gasteiger charge is -2.21. The van der Waals surface area contributed by atoms with E-state index in [1.165, 1.54) is 0 Å². The number of hydrogen-bond acceptors (Lipinski definition) is 3. The van der Waals surface area contributed by atoms with Crippen molar-refractivity contribution in [2.24, 2.45) is 5.73 Å². The first kappa shape index (κ1) is 16.3. The van der Waals surface area contributed by atoms with Gasteiger partial charge in [-0.3, -0.25) is 0 Å². The topological polar surface area (TPSA) is 32.5 Å². The molecular weight excluding hydrogens is 258 g/mol. The maximum atomic E-state index is 6.31. The Bertz CT molecular complexity index is 391. The Hall–Kier alpha value is -0.770. The van der Waals surface area contributed by atoms with E-state index in [0.717, 1.165) is 42.2 Å². The van der Waals surface area contributed by atoms with E-state index in [1.54, 1.807) is 0 Å². The van der Waals surface area contributed by atoms with E-state index in [4.69, 9.17) is 17.3 Å². The third-order valence-electron chi connectivity index (χ3n) is 3.12. The molecule has 108 valence electrons. The maximum Gasteiger partial charge on any atom is 0.0459 e. The average molecular weight is 284 g/mol. The minimum Gasteiger partial charge on any atom is -0.375 e. The number of benzene rings is 1. The molecule has 0 fully saturated rings. The predicted octanol–water partition coefficient (Wildman–Crippen LogP) is 2.62. The van der Waals surface area contributed by atoms with Crippen LogP contribution in [0.1, 0.15) is 18.9 Å². The van der Waals surface area contributed by atoms with Crippen molar-refractivity contribution in [2.75, 3.05) is 39.1 Å². The van der Waals surface area contributed by atoms with Gasteiger partial charge in [0, 0.05) is 30.3 Å². The van der Waals surface area contributed by atoms with Gasteiger partial charge in [0.1, 0.15) is 0 Å². The molecule has 1 unspecified atom stereocenters. The fourth-order valence-electron chi connectivity index (χ4n) is 2.04. The molecule has 1 atom stereocenters. The highest BCUT2D eigenvalue weighted by Gasteiger charge is 2.07. The van der Waals surface area contributed by atoms with Gasteiger partial charge in [-0.2, -0.15) is 0 Å². The molecule has 0 bridgehead atoms. The molecule has 0 aliphatic heterocycles. The van der Waals surface area contributed by atoms with E-state index in [1.807, 2.05) is 13.0 Å². The zero-order valence-corrected chi connectivity index (χ0v) is 13.2. The Balaban J connectivity index is 2.61. The Morgan fingerprint density at radius 2 is 1.89 bits per heavy atom. The molecule has 0 aromatic heterocycles. The first-order valence-corrected chi connectivity index (χ1v) is 7.18. The fourth-order valence-corrected chi connectivity index (χ4v) is 2.29. The predicted molar refractivity (Wildman–Crippen MR) is 85.2 cm³/mol. The van der Waals surface area contributed by atoms with Crippen LogP contribution in [0.4, 0.5) is 5.69 Å². The highest BCUT2D eigenvalue weighted by atomic mass is 35.5. The second-order valence-corrected chi connectivity index (χ2v) is 5.94. The SMILES string of the molecule is CC(N)Cc1ccc(N(C)CCCN(C)C)cc1Cl. The van der Waals surface area contributed by atoms with Crippen LogP contribution in [0.25, 0.3) is 0 Å². The zero-order valence-electron chi connectivity index (χ0n) is 12.5. The number of rotatable bonds is 7. The van der Waals surface area contributed by atoms with Crippen molar-refractivity contribution in [1.29, 1.82) is 0 Å². The van der Waals surface area contributed by atoms with Crippen molar-refractivity contribution in [1.82, 2.24) is 4.90 Å². The van der Waals surface area contributed by atoms with E-state index in [-0.39, 0.29) is 6.04 Å². The minimum atomic E-state index is 0.140. The van der Waals surface area contributed by atoms with E-state index >= 15 is 0 Å². The Morgan fingerprint density at radius 1 is 1.21 bits per heavy atom. The lowest BCUT2D eigenvalue weighted by Crippen LogP contribution is -2.23. The smallest absolute Gasteiger partial charge is 0.0459 e. The van der Waals surface area contributed by atoms with Crippen LogP contribution in [0, 0.1) is 0 Å². The second kappa shape index (κ2) is 7.73. The molecular formula is C15H26ClN3. The van der Waals surface area contributed by atoms with Crippen molar-refractivity contribution in [3.8, 4) is 0 Å². The van der Waals surface area contributed by atoms with Gasteiger partial charge in [0.05, 0.1) is 0 Å². The van der Waals surface area contributed by atoms with Gasteiger partial charge in [-0.15, -0.1) is 0 Å². The monoisotopic (exact) mass is 283 g/mol. The van der Waals surface area contributed by atoms with Crippen LogP contribution in [0.15, 0.2) is 18.2 Å². The third kappa shape index (κ3) is 5.81. The summed E-state index contributed by atoms with van der Waals surface area (Å²) in [7, 11) is 6.30. The second-order valence-electron chi connectivity index (χ2n) is 5.54. The summed E-state index contributed by atoms with van der Waals surface area (Å²) in [6.07, 6.45) is 1.96. The summed E-state index contributed by atoms with van der Waals surface area (Å²) < 4.78 is 0. The standard InChI is InChI=1S/C15H26ClN3/c1-12(17)10-13-6-7-14(11-15(13)16)19(4)9-5-8-18(2)3/h6-7,11-12H,5,8-10,17H2,1-4H3. The molecule has 3 nitrogen and oxygen atoms in total. The van der Waals surface area contributed by atoms with Gasteiger partial charge in [0.25, 0.3) is 0 Å². The van der Waals surface area contributed by atoms with Crippen LogP contribution in [0.2, 0.25) is 5.02 Å². The van der Waals surface area contributed by atoms with Gasteiger partial charge in [0.2, 0.25) is 0 Å². The Labute approximate surface area is 122 Å². The van der Waals surface area contributed by atoms with Crippen LogP contribution in [-0.2, 0) is 6.42 Å². The highest BCUT2D eigenvalue weighted by molar-refractivity contribution is 6.31. The molecule has 0 saturated carbocycles. The molecule has 0 radical (unpaired) electrons. The molecule has 4 heteroatoms. The van der Waals surface area contributed by atoms with Gasteiger partial charge in [-0.05, 0) is 58.1 Å². The van der Waals surface area contributed by atoms with Gasteiger partial charge in [-0.1, -0.05) is 17.7 Å². The van der Waals surface area contributed by atoms with Gasteiger partial charge < -0.3 is 15.5 Å². The summed E-state index contributed by atoms with van der Waals surface area (Å²) in [5.41, 5.74) is 8.10. The molecule has 1 aromatic rings. The van der Waals surface area contributed by atoms with Gasteiger partial charge >= 0.3 is 0 Å². The van der Waals surface area contributed by atoms with E-state index < -0.39 is 0 Å². The average Bonchev–Trinajstić information content (AvgIpc) is 2.30. The fraction of sp³-hybridized carbons (Fsp3) is 0.600. The van der Waals surface area contributed by atoms with Crippen molar-refractivity contribution in [3.05, 3.63) is 28.8 Å². The van der Waals surface area contributed by atoms with Crippen molar-refractivity contribution < 1.29 is 0 Å². The number of hydrogen-bond donors (Lipinski definition) is 1. The number of nitrogens with two attached hydrogens (primary N) is 1. The summed E-state index contributed by atoms with van der Waals surface area (Å²) in [5, 5.41) is 0.814. The van der Waals surface area contributed by atoms with Crippen molar-refractivity contribution in [2.45, 2.75) is 25.8 Å². The number of nitrogens with zero attached hydrogens (tertiary/aromatic N) is 2. The summed E-state index contributed by atoms with van der Waals surface area (Å²) in [6.45, 7) is 4.12. The highest BCUT2D eigenvalue weighted by Crippen LogP contribution is 2.24. The van der Waals surface area contributed by atoms with Gasteiger partial charge in [0.15, 0.2) is 0 Å². The Morgan fingerprint density at radius 3 is 2.42 bits per heavy atom. The molecule has 1 aromatic carbocycles. The first-order valence-electron chi connectivity index (χ1n) is 6.80. The Kier molecular flexibility index (Phi) is 6.63. The summed E-state index contributed by atoms with van der Waals surface area (Å²) in [5.74, 6) is 0. The molecule has 0 amide bonds. The van der Waals surface area contributed by atoms with Crippen LogP contribution < -0.4 is 10.6 Å². The zero-order chi connectivity index (χ0) is 14.4. The van der Waals surface area contributed by atoms with Crippen LogP contribution in [-0.4, -0.2) is 45.2 Å². The molecule has 19 heavy (non-hydrogen) atoms. The van der Waals surface area contributed by atoms with E-state index in [2.05, 4.69) is 43.1 Å². The summed E-state index contributed by atoms with van der Waals surface area (Å²) >= 11 is 6.31. The van der Waals surface area contributed by atoms with Crippen molar-refractivity contribution in [3.63, 3.8) is 0 Å². The number of anilines is 1. The molecule has 0 aliphatic carbocycles. The lowest BCUT2D eigenvalue weighted by molar-refractivity contribution is 0.401. The van der Waals surface area contributed by atoms with E-state index in [0.29, 0.717) is 0 Å². The minimum absolute atomic E-state index is 0.140. The van der Waals surface area contributed by atoms with Crippen LogP contribution in [0.3, 0.4) is 0 Å². The largest absolute Gasteiger partial charge is 0.375 e. The van der Waals surface area contributed by atoms with Crippen LogP contribution in [0.5, 0.6) is 0 Å². The molecule has 0 heterocycles. The molecule has 1 rings (SSSR count). The quantitative estimate of drug-likeness (QED) is 0.835. The molecule has 0 spiro atoms. The molecule has 2 N–H and O–H groups in total. The lowest BCUT2D eigenvalue weighted by atomic mass is 10.1. The normalized spacial score (nSPS) is 12.8. The maximum absolute atomic E-state index is 6.31. The first-order chi connectivity index (χ1) is 8.90. The van der Waals surface area contributed by atoms with Crippen molar-refractivity contribution >= 4 is 17.3 Å². The molecule has 0 saturated heterocycles. The van der Waals surface area contributed by atoms with E-state index in [9.17, 15) is 0 Å². The van der Waals surface area contributed by atoms with Gasteiger partial charge in [-0.25, -0.2) is 0 Å². The molecule has 0 aliphatic rings. The van der Waals surface area contributed by atoms with Crippen LogP contribution >= 0.6 is 11.6 Å². The summed E-state index contributed by atoms with van der Waals surface area (Å²) in [4.78, 5) is 4.44. The number of halogens is 1.